The van der Waals surface area contributed by atoms with E-state index in [0.29, 0.717) is 18.3 Å². The third-order valence-electron chi connectivity index (χ3n) is 3.76. The van der Waals surface area contributed by atoms with Gasteiger partial charge in [-0.05, 0) is 42.5 Å². The molecule has 0 radical (unpaired) electrons. The number of hydrogen-bond acceptors (Lipinski definition) is 4. The zero-order valence-corrected chi connectivity index (χ0v) is 17.5. The summed E-state index contributed by atoms with van der Waals surface area (Å²) in [5.74, 6) is 1.81. The van der Waals surface area contributed by atoms with Gasteiger partial charge in [0.1, 0.15) is 11.5 Å². The molecule has 0 unspecified atom stereocenters. The molecule has 0 atom stereocenters. The van der Waals surface area contributed by atoms with Crippen molar-refractivity contribution in [3.63, 3.8) is 0 Å². The van der Waals surface area contributed by atoms with Gasteiger partial charge in [-0.25, -0.2) is 9.67 Å². The molecule has 0 fully saturated rings. The van der Waals surface area contributed by atoms with Crippen LogP contribution in [0.4, 0.5) is 5.69 Å². The average Bonchev–Trinajstić information content (AvgIpc) is 3.16. The number of nitrogens with two attached hydrogens (primary N) is 1. The Labute approximate surface area is 175 Å². The first-order chi connectivity index (χ1) is 12.7. The van der Waals surface area contributed by atoms with E-state index in [4.69, 9.17) is 15.2 Å². The van der Waals surface area contributed by atoms with Crippen LogP contribution < -0.4 is 20.5 Å². The lowest BCUT2D eigenvalue weighted by Gasteiger charge is -2.09. The Balaban J connectivity index is 0.00000261. The zero-order valence-electron chi connectivity index (χ0n) is 15.1. The van der Waals surface area contributed by atoms with Crippen molar-refractivity contribution >= 4 is 35.6 Å². The van der Waals surface area contributed by atoms with Gasteiger partial charge < -0.3 is 20.5 Å². The summed E-state index contributed by atoms with van der Waals surface area (Å²) >= 11 is 0. The van der Waals surface area contributed by atoms with E-state index in [-0.39, 0.29) is 24.0 Å². The summed E-state index contributed by atoms with van der Waals surface area (Å²) in [4.78, 5) is 4.33. The highest BCUT2D eigenvalue weighted by molar-refractivity contribution is 14.0. The maximum Gasteiger partial charge on any atom is 0.193 e. The summed E-state index contributed by atoms with van der Waals surface area (Å²) in [6.45, 7) is 0.372. The molecule has 1 heterocycles. The number of anilines is 1. The Hall–Kier alpha value is -2.75. The highest BCUT2D eigenvalue weighted by Crippen LogP contribution is 2.22. The Morgan fingerprint density at radius 2 is 1.81 bits per heavy atom. The van der Waals surface area contributed by atoms with Gasteiger partial charge in [-0.1, -0.05) is 12.1 Å². The van der Waals surface area contributed by atoms with Crippen molar-refractivity contribution in [2.45, 2.75) is 6.54 Å². The van der Waals surface area contributed by atoms with Crippen molar-refractivity contribution in [1.29, 1.82) is 0 Å². The number of benzene rings is 2. The highest BCUT2D eigenvalue weighted by atomic mass is 127. The molecule has 0 aliphatic heterocycles. The number of ether oxygens (including phenoxy) is 2. The number of nitrogens with zero attached hydrogens (tertiary/aromatic N) is 3. The molecular weight excluding hydrogens is 457 g/mol. The minimum Gasteiger partial charge on any atom is -0.497 e. The SMILES string of the molecule is COc1ccc(-n2ccc(CN=C(N)Nc3ccccc3OC)n2)cc1.I. The van der Waals surface area contributed by atoms with E-state index in [9.17, 15) is 0 Å². The lowest BCUT2D eigenvalue weighted by molar-refractivity contribution is 0.414. The molecule has 1 aromatic heterocycles. The Kier molecular flexibility index (Phi) is 7.47. The van der Waals surface area contributed by atoms with Crippen LogP contribution in [0.25, 0.3) is 5.69 Å². The summed E-state index contributed by atoms with van der Waals surface area (Å²) in [5.41, 5.74) is 8.48. The molecule has 3 rings (SSSR count). The predicted molar refractivity (Wildman–Crippen MR) is 117 cm³/mol. The topological polar surface area (TPSA) is 86.7 Å². The van der Waals surface area contributed by atoms with Gasteiger partial charge >= 0.3 is 0 Å². The van der Waals surface area contributed by atoms with E-state index in [1.54, 1.807) is 18.9 Å². The third kappa shape index (κ3) is 5.36. The predicted octanol–water partition coefficient (Wildman–Crippen LogP) is 3.43. The van der Waals surface area contributed by atoms with Gasteiger partial charge in [0.05, 0.1) is 37.8 Å². The van der Waals surface area contributed by atoms with E-state index in [0.717, 1.165) is 22.8 Å². The number of guanidine groups is 1. The van der Waals surface area contributed by atoms with Crippen LogP contribution in [0.15, 0.2) is 65.8 Å². The molecule has 142 valence electrons. The minimum atomic E-state index is 0. The number of aliphatic imine (C=N–C) groups is 1. The molecule has 3 aromatic rings. The number of hydrogen-bond donors (Lipinski definition) is 2. The molecule has 0 aliphatic rings. The molecule has 2 aromatic carbocycles. The van der Waals surface area contributed by atoms with Gasteiger partial charge in [0.25, 0.3) is 0 Å². The maximum atomic E-state index is 5.96. The fourth-order valence-corrected chi connectivity index (χ4v) is 2.42. The second-order valence-corrected chi connectivity index (χ2v) is 5.48. The minimum absolute atomic E-state index is 0. The molecular formula is C19H22IN5O2. The summed E-state index contributed by atoms with van der Waals surface area (Å²) in [6.07, 6.45) is 1.89. The Morgan fingerprint density at radius 3 is 2.52 bits per heavy atom. The lowest BCUT2D eigenvalue weighted by atomic mass is 10.3. The molecule has 0 saturated carbocycles. The van der Waals surface area contributed by atoms with E-state index in [1.165, 1.54) is 0 Å². The van der Waals surface area contributed by atoms with E-state index in [2.05, 4.69) is 15.4 Å². The van der Waals surface area contributed by atoms with Crippen LogP contribution in [0.3, 0.4) is 0 Å². The number of methoxy groups -OCH3 is 2. The first-order valence-corrected chi connectivity index (χ1v) is 8.08. The smallest absolute Gasteiger partial charge is 0.193 e. The second kappa shape index (κ2) is 9.81. The van der Waals surface area contributed by atoms with Crippen LogP contribution in [0.1, 0.15) is 5.69 Å². The molecule has 0 bridgehead atoms. The zero-order chi connectivity index (χ0) is 18.4. The van der Waals surface area contributed by atoms with Crippen molar-refractivity contribution in [3.05, 3.63) is 66.5 Å². The van der Waals surface area contributed by atoms with Crippen LogP contribution in [-0.4, -0.2) is 30.0 Å². The largest absolute Gasteiger partial charge is 0.497 e. The lowest BCUT2D eigenvalue weighted by Crippen LogP contribution is -2.23. The fourth-order valence-electron chi connectivity index (χ4n) is 2.42. The Bertz CT molecular complexity index is 893. The van der Waals surface area contributed by atoms with Crippen molar-refractivity contribution in [2.24, 2.45) is 10.7 Å². The monoisotopic (exact) mass is 479 g/mol. The normalized spacial score (nSPS) is 10.8. The highest BCUT2D eigenvalue weighted by Gasteiger charge is 2.04. The van der Waals surface area contributed by atoms with E-state index < -0.39 is 0 Å². The molecule has 8 heteroatoms. The van der Waals surface area contributed by atoms with Crippen LogP contribution in [0.5, 0.6) is 11.5 Å². The van der Waals surface area contributed by atoms with Gasteiger partial charge in [0, 0.05) is 6.20 Å². The molecule has 3 N–H and O–H groups in total. The summed E-state index contributed by atoms with van der Waals surface area (Å²) < 4.78 is 12.2. The Morgan fingerprint density at radius 1 is 1.07 bits per heavy atom. The van der Waals surface area contributed by atoms with Crippen molar-refractivity contribution in [3.8, 4) is 17.2 Å². The van der Waals surface area contributed by atoms with Gasteiger partial charge in [-0.3, -0.25) is 0 Å². The second-order valence-electron chi connectivity index (χ2n) is 5.48. The first kappa shape index (κ1) is 20.6. The van der Waals surface area contributed by atoms with Crippen LogP contribution in [0.2, 0.25) is 0 Å². The van der Waals surface area contributed by atoms with E-state index in [1.807, 2.05) is 60.8 Å². The van der Waals surface area contributed by atoms with Gasteiger partial charge in [-0.2, -0.15) is 5.10 Å². The quantitative estimate of drug-likeness (QED) is 0.322. The molecule has 0 spiro atoms. The molecule has 0 aliphatic carbocycles. The number of aromatic nitrogens is 2. The molecule has 0 amide bonds. The van der Waals surface area contributed by atoms with Gasteiger partial charge in [0.2, 0.25) is 0 Å². The van der Waals surface area contributed by atoms with E-state index >= 15 is 0 Å². The van der Waals surface area contributed by atoms with Crippen LogP contribution in [-0.2, 0) is 6.54 Å². The number of para-hydroxylation sites is 2. The summed E-state index contributed by atoms with van der Waals surface area (Å²) in [7, 11) is 3.25. The standard InChI is InChI=1S/C19H21N5O2.HI/c1-25-16-9-7-15(8-10-16)24-12-11-14(23-24)13-21-19(20)22-17-5-3-4-6-18(17)26-2;/h3-12H,13H2,1-2H3,(H3,20,21,22);1H. The average molecular weight is 479 g/mol. The molecule has 27 heavy (non-hydrogen) atoms. The fraction of sp³-hybridized carbons (Fsp3) is 0.158. The van der Waals surface area contributed by atoms with Crippen LogP contribution >= 0.6 is 24.0 Å². The molecule has 7 nitrogen and oxygen atoms in total. The number of nitrogens with one attached hydrogen (secondary N) is 1. The van der Waals surface area contributed by atoms with Crippen molar-refractivity contribution < 1.29 is 9.47 Å². The molecule has 0 saturated heterocycles. The summed E-state index contributed by atoms with van der Waals surface area (Å²) in [6, 6.07) is 17.1. The van der Waals surface area contributed by atoms with Crippen LogP contribution in [0, 0.1) is 0 Å². The first-order valence-electron chi connectivity index (χ1n) is 8.08. The van der Waals surface area contributed by atoms with Crippen molar-refractivity contribution in [2.75, 3.05) is 19.5 Å². The van der Waals surface area contributed by atoms with Gasteiger partial charge in [-0.15, -0.1) is 24.0 Å². The summed E-state index contributed by atoms with van der Waals surface area (Å²) in [5, 5.41) is 7.55. The number of rotatable bonds is 6. The number of halogens is 1. The van der Waals surface area contributed by atoms with Crippen molar-refractivity contribution in [1.82, 2.24) is 9.78 Å². The third-order valence-corrected chi connectivity index (χ3v) is 3.76. The maximum absolute atomic E-state index is 5.96. The van der Waals surface area contributed by atoms with Gasteiger partial charge in [0.15, 0.2) is 5.96 Å².